The van der Waals surface area contributed by atoms with Gasteiger partial charge in [0, 0.05) is 6.54 Å². The zero-order valence-corrected chi connectivity index (χ0v) is 8.79. The minimum absolute atomic E-state index is 0.324. The first kappa shape index (κ1) is 11.8. The summed E-state index contributed by atoms with van der Waals surface area (Å²) in [5.74, 6) is -0.286. The number of carbonyl (C=O) groups excluding carboxylic acids is 1. The van der Waals surface area contributed by atoms with Crippen molar-refractivity contribution in [2.75, 3.05) is 13.1 Å². The molecule has 1 aliphatic rings. The summed E-state index contributed by atoms with van der Waals surface area (Å²) in [4.78, 5) is 21.2. The number of nitrogens with one attached hydrogen (secondary N) is 2. The van der Waals surface area contributed by atoms with Gasteiger partial charge < -0.3 is 15.7 Å². The maximum Gasteiger partial charge on any atom is 0.323 e. The van der Waals surface area contributed by atoms with Gasteiger partial charge in [-0.15, -0.1) is 0 Å². The maximum atomic E-state index is 11.0. The topological polar surface area (TPSA) is 78.4 Å². The van der Waals surface area contributed by atoms with E-state index in [-0.39, 0.29) is 6.54 Å². The van der Waals surface area contributed by atoms with Crippen molar-refractivity contribution in [1.29, 1.82) is 0 Å². The van der Waals surface area contributed by atoms with Gasteiger partial charge in [-0.1, -0.05) is 25.7 Å². The lowest BCUT2D eigenvalue weighted by Gasteiger charge is -2.09. The number of carbonyl (C=O) groups is 2. The average molecular weight is 214 g/mol. The fourth-order valence-electron chi connectivity index (χ4n) is 1.91. The number of aliphatic carboxylic acids is 1. The minimum atomic E-state index is -1.03. The predicted octanol–water partition coefficient (Wildman–Crippen LogP) is 0.950. The summed E-state index contributed by atoms with van der Waals surface area (Å²) < 4.78 is 0. The second kappa shape index (κ2) is 6.27. The number of carboxylic acids is 1. The molecule has 0 saturated heterocycles. The monoisotopic (exact) mass is 214 g/mol. The number of amides is 2. The van der Waals surface area contributed by atoms with Crippen molar-refractivity contribution < 1.29 is 14.7 Å². The molecule has 0 aliphatic heterocycles. The lowest BCUT2D eigenvalue weighted by atomic mass is 10.0. The van der Waals surface area contributed by atoms with Crippen LogP contribution in [0.25, 0.3) is 0 Å². The second-order valence-corrected chi connectivity index (χ2v) is 3.94. The third-order valence-electron chi connectivity index (χ3n) is 2.71. The maximum absolute atomic E-state index is 11.0. The molecule has 0 aromatic carbocycles. The van der Waals surface area contributed by atoms with Crippen LogP contribution in [0.1, 0.15) is 32.1 Å². The Kier molecular flexibility index (Phi) is 4.93. The van der Waals surface area contributed by atoms with Crippen molar-refractivity contribution >= 4 is 12.0 Å². The molecule has 15 heavy (non-hydrogen) atoms. The molecule has 1 aliphatic carbocycles. The van der Waals surface area contributed by atoms with E-state index in [1.807, 2.05) is 0 Å². The van der Waals surface area contributed by atoms with Crippen molar-refractivity contribution in [3.63, 3.8) is 0 Å². The molecule has 0 aromatic heterocycles. The van der Waals surface area contributed by atoms with Crippen LogP contribution in [0.4, 0.5) is 4.79 Å². The largest absolute Gasteiger partial charge is 0.480 e. The molecule has 5 nitrogen and oxygen atoms in total. The molecule has 3 N–H and O–H groups in total. The molecule has 0 radical (unpaired) electrons. The van der Waals surface area contributed by atoms with Crippen molar-refractivity contribution in [1.82, 2.24) is 10.6 Å². The standard InChI is InChI=1S/C10H18N2O3/c13-9(14)7-12-10(15)11-6-5-8-3-1-2-4-8/h8H,1-7H2,(H,13,14)(H2,11,12,15). The van der Waals surface area contributed by atoms with E-state index in [1.165, 1.54) is 25.7 Å². The Morgan fingerprint density at radius 2 is 1.87 bits per heavy atom. The molecule has 0 bridgehead atoms. The lowest BCUT2D eigenvalue weighted by Crippen LogP contribution is -2.39. The third kappa shape index (κ3) is 5.24. The second-order valence-electron chi connectivity index (χ2n) is 3.94. The van der Waals surface area contributed by atoms with Crippen molar-refractivity contribution in [2.45, 2.75) is 32.1 Å². The summed E-state index contributed by atoms with van der Waals surface area (Å²) in [6.45, 7) is 0.311. The van der Waals surface area contributed by atoms with E-state index in [0.29, 0.717) is 6.54 Å². The number of hydrogen-bond acceptors (Lipinski definition) is 2. The molecule has 1 rings (SSSR count). The summed E-state index contributed by atoms with van der Waals surface area (Å²) in [6, 6.07) is -0.393. The van der Waals surface area contributed by atoms with Crippen LogP contribution in [0.3, 0.4) is 0 Å². The summed E-state index contributed by atoms with van der Waals surface area (Å²) in [5, 5.41) is 13.2. The van der Waals surface area contributed by atoms with Crippen molar-refractivity contribution in [3.8, 4) is 0 Å². The van der Waals surface area contributed by atoms with Crippen LogP contribution in [-0.2, 0) is 4.79 Å². The summed E-state index contributed by atoms with van der Waals surface area (Å²) >= 11 is 0. The number of urea groups is 1. The molecule has 0 unspecified atom stereocenters. The molecule has 2 amide bonds. The first-order valence-electron chi connectivity index (χ1n) is 5.42. The minimum Gasteiger partial charge on any atom is -0.480 e. The number of rotatable bonds is 5. The summed E-state index contributed by atoms with van der Waals surface area (Å²) in [7, 11) is 0. The van der Waals surface area contributed by atoms with Gasteiger partial charge in [0.2, 0.25) is 0 Å². The van der Waals surface area contributed by atoms with Gasteiger partial charge in [0.15, 0.2) is 0 Å². The van der Waals surface area contributed by atoms with Gasteiger partial charge in [0.05, 0.1) is 0 Å². The van der Waals surface area contributed by atoms with E-state index >= 15 is 0 Å². The van der Waals surface area contributed by atoms with Crippen LogP contribution in [0.5, 0.6) is 0 Å². The van der Waals surface area contributed by atoms with Crippen LogP contribution in [-0.4, -0.2) is 30.2 Å². The van der Waals surface area contributed by atoms with E-state index in [2.05, 4.69) is 10.6 Å². The van der Waals surface area contributed by atoms with Crippen molar-refractivity contribution in [3.05, 3.63) is 0 Å². The average Bonchev–Trinajstić information content (AvgIpc) is 2.67. The highest BCUT2D eigenvalue weighted by Crippen LogP contribution is 2.26. The Labute approximate surface area is 89.2 Å². The Balaban J connectivity index is 1.98. The first-order valence-corrected chi connectivity index (χ1v) is 5.42. The van der Waals surface area contributed by atoms with Crippen LogP contribution >= 0.6 is 0 Å². The number of hydrogen-bond donors (Lipinski definition) is 3. The van der Waals surface area contributed by atoms with E-state index in [0.717, 1.165) is 12.3 Å². The molecule has 86 valence electrons. The van der Waals surface area contributed by atoms with Gasteiger partial charge >= 0.3 is 12.0 Å². The first-order chi connectivity index (χ1) is 7.18. The number of carboxylic acid groups (broad SMARTS) is 1. The van der Waals surface area contributed by atoms with Crippen molar-refractivity contribution in [2.24, 2.45) is 5.92 Å². The molecular formula is C10H18N2O3. The zero-order valence-electron chi connectivity index (χ0n) is 8.79. The van der Waals surface area contributed by atoms with E-state index in [9.17, 15) is 9.59 Å². The summed E-state index contributed by atoms with van der Waals surface area (Å²) in [6.07, 6.45) is 6.13. The van der Waals surface area contributed by atoms with E-state index < -0.39 is 12.0 Å². The van der Waals surface area contributed by atoms with Gasteiger partial charge in [-0.3, -0.25) is 4.79 Å². The highest BCUT2D eigenvalue weighted by molar-refractivity contribution is 5.79. The fraction of sp³-hybridized carbons (Fsp3) is 0.800. The van der Waals surface area contributed by atoms with Gasteiger partial charge in [-0.2, -0.15) is 0 Å². The van der Waals surface area contributed by atoms with Crippen LogP contribution in [0.2, 0.25) is 0 Å². The predicted molar refractivity (Wildman–Crippen MR) is 55.6 cm³/mol. The van der Waals surface area contributed by atoms with Gasteiger partial charge in [-0.25, -0.2) is 4.79 Å². The SMILES string of the molecule is O=C(O)CNC(=O)NCCC1CCCC1. The van der Waals surface area contributed by atoms with Crippen LogP contribution in [0, 0.1) is 5.92 Å². The molecule has 0 spiro atoms. The lowest BCUT2D eigenvalue weighted by molar-refractivity contribution is -0.135. The van der Waals surface area contributed by atoms with Crippen LogP contribution < -0.4 is 10.6 Å². The highest BCUT2D eigenvalue weighted by Gasteiger charge is 2.14. The molecule has 5 heteroatoms. The molecule has 1 saturated carbocycles. The van der Waals surface area contributed by atoms with Crippen LogP contribution in [0.15, 0.2) is 0 Å². The van der Waals surface area contributed by atoms with Gasteiger partial charge in [-0.05, 0) is 12.3 Å². The molecule has 0 heterocycles. The molecule has 0 atom stereocenters. The smallest absolute Gasteiger partial charge is 0.323 e. The Morgan fingerprint density at radius 3 is 2.47 bits per heavy atom. The third-order valence-corrected chi connectivity index (χ3v) is 2.71. The Morgan fingerprint density at radius 1 is 1.20 bits per heavy atom. The van der Waals surface area contributed by atoms with E-state index in [4.69, 9.17) is 5.11 Å². The summed E-state index contributed by atoms with van der Waals surface area (Å²) in [5.41, 5.74) is 0. The Hall–Kier alpha value is -1.26. The molecule has 0 aromatic rings. The Bertz CT molecular complexity index is 225. The molecule has 1 fully saturated rings. The van der Waals surface area contributed by atoms with E-state index in [1.54, 1.807) is 0 Å². The fourth-order valence-corrected chi connectivity index (χ4v) is 1.91. The van der Waals surface area contributed by atoms with Gasteiger partial charge in [0.1, 0.15) is 6.54 Å². The highest BCUT2D eigenvalue weighted by atomic mass is 16.4. The quantitative estimate of drug-likeness (QED) is 0.637. The normalized spacial score (nSPS) is 16.3. The zero-order chi connectivity index (χ0) is 11.1. The molecular weight excluding hydrogens is 196 g/mol. The van der Waals surface area contributed by atoms with Gasteiger partial charge in [0.25, 0.3) is 0 Å².